The average molecular weight is 117 g/mol. The first-order valence-electron chi connectivity index (χ1n) is 0.535. The van der Waals surface area contributed by atoms with Crippen LogP contribution in [0.3, 0.4) is 0 Å². The zero-order chi connectivity index (χ0) is 2.71. The maximum Gasteiger partial charge on any atom is 0.222 e. The number of hydrogen-bond donors (Lipinski definition) is 0. The molecule has 0 aromatic rings. The van der Waals surface area contributed by atoms with Crippen molar-refractivity contribution in [2.45, 2.75) is 0 Å². The molecule has 1 nitrogen and oxygen atoms in total. The first kappa shape index (κ1) is 8.83. The lowest BCUT2D eigenvalue weighted by atomic mass is 16.0. The summed E-state index contributed by atoms with van der Waals surface area (Å²) in [7, 11) is -0.639. The van der Waals surface area contributed by atoms with Crippen LogP contribution in [0.25, 0.3) is 0 Å². The van der Waals surface area contributed by atoms with E-state index in [0.717, 1.165) is 0 Å². The average Bonchev–Trinajstić information content (AvgIpc) is 0.918. The van der Waals surface area contributed by atoms with E-state index in [2.05, 4.69) is 0 Å². The van der Waals surface area contributed by atoms with Crippen molar-refractivity contribution in [3.05, 3.63) is 0 Å². The first-order chi connectivity index (χ1) is 1.41. The van der Waals surface area contributed by atoms with Crippen LogP contribution < -0.4 is 0 Å². The van der Waals surface area contributed by atoms with Crippen molar-refractivity contribution < 1.29 is 5.48 Å². The number of halogens is 2. The van der Waals surface area contributed by atoms with Gasteiger partial charge in [0, 0.05) is 5.48 Å². The van der Waals surface area contributed by atoms with E-state index in [0.29, 0.717) is 0 Å². The normalized spacial score (nSPS) is 4.50. The Morgan fingerprint density at radius 3 is 1.25 bits per heavy atom. The van der Waals surface area contributed by atoms with E-state index in [1.165, 1.54) is 0 Å². The highest BCUT2D eigenvalue weighted by Crippen LogP contribution is 1.67. The molecule has 0 spiro atoms. The van der Waals surface area contributed by atoms with Gasteiger partial charge in [0.1, 0.15) is 0 Å². The first-order valence-corrected chi connectivity index (χ1v) is 4.81. The minimum absolute atomic E-state index is 0. The summed E-state index contributed by atoms with van der Waals surface area (Å²) >= 11 is 9.81. The molecule has 4 heteroatoms. The van der Waals surface area contributed by atoms with Crippen LogP contribution >= 0.6 is 22.2 Å². The molecule has 0 aliphatic rings. The van der Waals surface area contributed by atoms with Gasteiger partial charge in [0.25, 0.3) is 0 Å². The molecule has 0 heterocycles. The second-order valence-electron chi connectivity index (χ2n) is 0.101. The molecule has 0 aromatic heterocycles. The molecule has 0 bridgehead atoms. The Kier molecular flexibility index (Phi) is 20.4. The monoisotopic (exact) mass is 116 g/mol. The number of rotatable bonds is 0. The van der Waals surface area contributed by atoms with Gasteiger partial charge in [-0.2, -0.15) is 22.2 Å². The van der Waals surface area contributed by atoms with Crippen LogP contribution in [0.15, 0.2) is 0 Å². The van der Waals surface area contributed by atoms with Gasteiger partial charge in [0.05, 0.1) is 0 Å². The summed E-state index contributed by atoms with van der Waals surface area (Å²) in [6.07, 6.45) is 0. The van der Waals surface area contributed by atoms with Gasteiger partial charge in [-0.15, -0.1) is 0 Å². The standard InChI is InChI=1S/Cl2H2Si.O/c1-3-2;/h3H2;. The van der Waals surface area contributed by atoms with Crippen LogP contribution in [0.1, 0.15) is 0 Å². The maximum atomic E-state index is 4.90. The Morgan fingerprint density at radius 1 is 1.25 bits per heavy atom. The molecule has 0 aliphatic heterocycles. The van der Waals surface area contributed by atoms with E-state index in [1.54, 1.807) is 0 Å². The summed E-state index contributed by atoms with van der Waals surface area (Å²) in [6.45, 7) is 0. The Labute approximate surface area is 36.4 Å². The quantitative estimate of drug-likeness (QED) is 0.323. The molecule has 0 saturated heterocycles. The van der Waals surface area contributed by atoms with Crippen molar-refractivity contribution in [1.29, 1.82) is 0 Å². The molecule has 0 N–H and O–H groups in total. The zero-order valence-corrected chi connectivity index (χ0v) is 4.80. The second kappa shape index (κ2) is 9.25. The molecule has 2 radical (unpaired) electrons. The van der Waals surface area contributed by atoms with Gasteiger partial charge in [-0.25, -0.2) is 0 Å². The van der Waals surface area contributed by atoms with E-state index < -0.39 is 8.14 Å². The van der Waals surface area contributed by atoms with Crippen LogP contribution in [0.2, 0.25) is 0 Å². The van der Waals surface area contributed by atoms with E-state index in [-0.39, 0.29) is 5.48 Å². The van der Waals surface area contributed by atoms with Crippen molar-refractivity contribution in [2.24, 2.45) is 0 Å². The van der Waals surface area contributed by atoms with Crippen LogP contribution in [0, 0.1) is 0 Å². The number of hydrogen-bond acceptors (Lipinski definition) is 0. The molecule has 0 rings (SSSR count). The SMILES string of the molecule is Cl[SiH2]Cl.[O]. The smallest absolute Gasteiger partial charge is 0.155 e. The van der Waals surface area contributed by atoms with Gasteiger partial charge in [-0.05, 0) is 0 Å². The van der Waals surface area contributed by atoms with Crippen LogP contribution in [0.4, 0.5) is 0 Å². The minimum Gasteiger partial charge on any atom is -0.155 e. The van der Waals surface area contributed by atoms with Crippen LogP contribution in [-0.4, -0.2) is 8.14 Å². The van der Waals surface area contributed by atoms with Crippen molar-refractivity contribution >= 4 is 30.3 Å². The van der Waals surface area contributed by atoms with E-state index >= 15 is 0 Å². The van der Waals surface area contributed by atoms with Gasteiger partial charge >= 0.3 is 0 Å². The van der Waals surface area contributed by atoms with E-state index in [9.17, 15) is 0 Å². The van der Waals surface area contributed by atoms with Gasteiger partial charge < -0.3 is 0 Å². The molecule has 4 heavy (non-hydrogen) atoms. The molecule has 26 valence electrons. The van der Waals surface area contributed by atoms with Crippen molar-refractivity contribution in [3.63, 3.8) is 0 Å². The third-order valence-electron chi connectivity index (χ3n) is 0. The molecule has 0 saturated carbocycles. The fraction of sp³-hybridized carbons (Fsp3) is 0. The fourth-order valence-corrected chi connectivity index (χ4v) is 0. The minimum atomic E-state index is -0.639. The third kappa shape index (κ3) is 14.9. The summed E-state index contributed by atoms with van der Waals surface area (Å²) in [5.41, 5.74) is 0. The predicted octanol–water partition coefficient (Wildman–Crippen LogP) is 0.344. The molecule has 0 aromatic carbocycles. The lowest BCUT2D eigenvalue weighted by Crippen LogP contribution is -1.36. The summed E-state index contributed by atoms with van der Waals surface area (Å²) < 4.78 is 0. The van der Waals surface area contributed by atoms with Gasteiger partial charge in [0.2, 0.25) is 8.14 Å². The summed E-state index contributed by atoms with van der Waals surface area (Å²) in [5, 5.41) is 0. The van der Waals surface area contributed by atoms with Crippen molar-refractivity contribution in [1.82, 2.24) is 0 Å². The lowest BCUT2D eigenvalue weighted by Gasteiger charge is -1.39. The highest BCUT2D eigenvalue weighted by Gasteiger charge is 1.46. The molecular weight excluding hydrogens is 115 g/mol. The Balaban J connectivity index is 0. The van der Waals surface area contributed by atoms with E-state index in [4.69, 9.17) is 22.2 Å². The summed E-state index contributed by atoms with van der Waals surface area (Å²) in [4.78, 5) is 0. The fourth-order valence-electron chi connectivity index (χ4n) is 0. The Morgan fingerprint density at radius 2 is 1.25 bits per heavy atom. The molecule has 0 unspecified atom stereocenters. The Hall–Kier alpha value is 0.757. The highest BCUT2D eigenvalue weighted by atomic mass is 35.7. The van der Waals surface area contributed by atoms with Gasteiger partial charge in [-0.1, -0.05) is 0 Å². The van der Waals surface area contributed by atoms with Crippen LogP contribution in [-0.2, 0) is 5.48 Å². The maximum absolute atomic E-state index is 4.90. The molecule has 0 aliphatic carbocycles. The van der Waals surface area contributed by atoms with Crippen molar-refractivity contribution in [3.8, 4) is 0 Å². The molecule has 0 atom stereocenters. The van der Waals surface area contributed by atoms with Crippen molar-refractivity contribution in [2.75, 3.05) is 0 Å². The Bertz CT molecular complexity index is 6.00. The third-order valence-corrected chi connectivity index (χ3v) is 0. The topological polar surface area (TPSA) is 28.5 Å². The summed E-state index contributed by atoms with van der Waals surface area (Å²) in [5.74, 6) is 0. The molecule has 0 fully saturated rings. The second-order valence-corrected chi connectivity index (χ2v) is 2.73. The predicted molar refractivity (Wildman–Crippen MR) is 20.9 cm³/mol. The molecule has 0 amide bonds. The lowest BCUT2D eigenvalue weighted by molar-refractivity contribution is 0.686. The van der Waals surface area contributed by atoms with Crippen LogP contribution in [0.5, 0.6) is 0 Å². The summed E-state index contributed by atoms with van der Waals surface area (Å²) in [6, 6.07) is 0. The largest absolute Gasteiger partial charge is 0.222 e. The van der Waals surface area contributed by atoms with Gasteiger partial charge in [0.15, 0.2) is 0 Å². The highest BCUT2D eigenvalue weighted by molar-refractivity contribution is 7.22. The molecular formula is H2Cl2OSi. The zero-order valence-electron chi connectivity index (χ0n) is 1.87. The van der Waals surface area contributed by atoms with E-state index in [1.807, 2.05) is 0 Å². The van der Waals surface area contributed by atoms with Gasteiger partial charge in [-0.3, -0.25) is 0 Å².